The lowest BCUT2D eigenvalue weighted by atomic mass is 9.67. The summed E-state index contributed by atoms with van der Waals surface area (Å²) in [6, 6.07) is 0. The van der Waals surface area contributed by atoms with Crippen molar-refractivity contribution >= 4 is 17.9 Å². The summed E-state index contributed by atoms with van der Waals surface area (Å²) in [6.45, 7) is 15.3. The predicted molar refractivity (Wildman–Crippen MR) is 305 cm³/mol. The van der Waals surface area contributed by atoms with Crippen LogP contribution in [0, 0.1) is 87.4 Å². The van der Waals surface area contributed by atoms with Gasteiger partial charge in [0.2, 0.25) is 23.6 Å². The van der Waals surface area contributed by atoms with Gasteiger partial charge in [-0.3, -0.25) is 14.4 Å². The fourth-order valence-corrected chi connectivity index (χ4v) is 12.7. The summed E-state index contributed by atoms with van der Waals surface area (Å²) in [5.41, 5.74) is -15.9. The summed E-state index contributed by atoms with van der Waals surface area (Å²) in [4.78, 5) is 38.6. The van der Waals surface area contributed by atoms with Crippen LogP contribution in [0.15, 0.2) is 0 Å². The number of aromatic hydroxyl groups is 1. The molecule has 2 fully saturated rings. The molecule has 9 nitrogen and oxygen atoms in total. The van der Waals surface area contributed by atoms with E-state index < -0.39 is 244 Å². The molecule has 2 saturated carbocycles. The molecule has 0 heterocycles. The van der Waals surface area contributed by atoms with E-state index in [4.69, 9.17) is 9.47 Å². The Morgan fingerprint density at radius 3 is 1.27 bits per heavy atom. The maximum atomic E-state index is 14.8. The first kappa shape index (κ1) is 89.9. The van der Waals surface area contributed by atoms with Crippen molar-refractivity contribution in [3.05, 3.63) is 63.5 Å². The van der Waals surface area contributed by atoms with Crippen molar-refractivity contribution in [1.82, 2.24) is 0 Å². The van der Waals surface area contributed by atoms with Crippen LogP contribution in [0.2, 0.25) is 0 Å². The number of hydrogen-bond acceptors (Lipinski definition) is 9. The van der Waals surface area contributed by atoms with E-state index in [9.17, 15) is 143 Å². The highest BCUT2D eigenvalue weighted by Gasteiger charge is 2.79. The second-order valence-electron chi connectivity index (χ2n) is 27.5. The van der Waals surface area contributed by atoms with Crippen molar-refractivity contribution in [2.24, 2.45) is 35.0 Å². The van der Waals surface area contributed by atoms with Gasteiger partial charge in [-0.25, -0.2) is 30.7 Å². The normalized spacial score (nSPS) is 19.5. The van der Waals surface area contributed by atoms with E-state index in [2.05, 4.69) is 9.47 Å². The topological polar surface area (TPSA) is 129 Å². The molecule has 0 aliphatic heterocycles. The van der Waals surface area contributed by atoms with Crippen LogP contribution >= 0.6 is 0 Å². The summed E-state index contributed by atoms with van der Waals surface area (Å²) in [6.07, 6.45) is -50.5. The number of ether oxygens (including phenoxy) is 4. The van der Waals surface area contributed by atoms with Crippen LogP contribution in [0.1, 0.15) is 221 Å². The van der Waals surface area contributed by atoms with E-state index in [0.717, 1.165) is 0 Å². The number of rotatable bonds is 28. The van der Waals surface area contributed by atoms with Gasteiger partial charge in [0, 0.05) is 23.0 Å². The number of carbonyl (C=O) groups is 3. The second-order valence-corrected chi connectivity index (χ2v) is 27.5. The third-order valence-corrected chi connectivity index (χ3v) is 19.3. The van der Waals surface area contributed by atoms with Crippen molar-refractivity contribution in [3.63, 3.8) is 0 Å². The quantitative estimate of drug-likeness (QED) is 0.0281. The Morgan fingerprint density at radius 1 is 0.455 bits per heavy atom. The SMILES string of the molecule is CCC(CCCC(C)C(=O)OC(C)(C)C1CCC(OC(C(F)(F)F)C(F)(F)F)CC1)C(=O)OC(C1CCC(C(O)(C(F)(F)F)C(F)(F)F)CC1)(C(F)(F)F)C(F)(F)F.CCC(CCCC(CCCC(C)(C)C(=O)OC(C)(C)CC)c1c(F)c(F)c(F)c(F)c1F)c1c(F)c(F)c(O)c(F)c1F. The van der Waals surface area contributed by atoms with Crippen molar-refractivity contribution < 1.29 is 162 Å². The minimum atomic E-state index is -6.47. The molecule has 4 unspecified atom stereocenters. The molecule has 36 heteroatoms. The number of carbonyl (C=O) groups excluding carboxylic acids is 3. The number of esters is 3. The molecule has 2 aromatic carbocycles. The molecular weight excluding hydrogens is 1440 g/mol. The number of hydrogen-bond donors (Lipinski definition) is 2. The van der Waals surface area contributed by atoms with Gasteiger partial charge in [0.15, 0.2) is 40.7 Å². The molecule has 0 spiro atoms. The Kier molecular flexibility index (Phi) is 30.1. The Bertz CT molecular complexity index is 2980. The van der Waals surface area contributed by atoms with Crippen LogP contribution < -0.4 is 0 Å². The van der Waals surface area contributed by atoms with Gasteiger partial charge in [-0.15, -0.1) is 0 Å². The minimum Gasteiger partial charge on any atom is -0.503 e. The van der Waals surface area contributed by atoms with Crippen molar-refractivity contribution in [3.8, 4) is 5.75 Å². The van der Waals surface area contributed by atoms with E-state index in [-0.39, 0.29) is 83.5 Å². The molecule has 2 N–H and O–H groups in total. The lowest BCUT2D eigenvalue weighted by molar-refractivity contribution is -0.399. The zero-order valence-electron chi connectivity index (χ0n) is 56.3. The molecule has 0 bridgehead atoms. The smallest absolute Gasteiger partial charge is 0.437 e. The molecule has 4 rings (SSSR count). The summed E-state index contributed by atoms with van der Waals surface area (Å²) in [5.74, 6) is -34.8. The Balaban J connectivity index is 0.000000549. The van der Waals surface area contributed by atoms with Crippen LogP contribution in [0.5, 0.6) is 5.75 Å². The maximum Gasteiger partial charge on any atom is 0.437 e. The highest BCUT2D eigenvalue weighted by atomic mass is 19.4. The zero-order valence-corrected chi connectivity index (χ0v) is 56.3. The van der Waals surface area contributed by atoms with Gasteiger partial charge in [-0.1, -0.05) is 47.0 Å². The van der Waals surface area contributed by atoms with E-state index in [1.807, 2.05) is 6.92 Å². The number of alkyl halides is 18. The highest BCUT2D eigenvalue weighted by Crippen LogP contribution is 2.59. The molecule has 101 heavy (non-hydrogen) atoms. The average Bonchev–Trinajstić information content (AvgIpc) is 0.724. The zero-order chi connectivity index (χ0) is 78.3. The number of halogens is 27. The van der Waals surface area contributed by atoms with Crippen molar-refractivity contribution in [2.75, 3.05) is 0 Å². The van der Waals surface area contributed by atoms with Crippen LogP contribution in [0.3, 0.4) is 0 Å². The first-order valence-corrected chi connectivity index (χ1v) is 32.2. The van der Waals surface area contributed by atoms with Gasteiger partial charge in [0.1, 0.15) is 11.2 Å². The molecule has 4 atom stereocenters. The second kappa shape index (κ2) is 33.8. The standard InChI is InChI=1S/C34H44F18O6.C31H37F9O3/c1-5-18(8-6-7-17(2)23(53)57-26(3,4)19-13-15-22(16-14-19)56-25(29(35,36)37)30(38,39)40)24(54)58-28(33(47,48)49,34(50,51)52)21-11-9-20(10-12-21)27(55,31(41,42)43)32(44,45)46;1-7-15(17-21(34)26(39)28(41)27(40)22(17)35)11-9-12-16(18-19(32)23(36)25(38)24(37)20(18)33)13-10-14-30(3,4)29(42)43-31(5,6)8-2/h17-22,25,55H,5-16H2,1-4H3;15-16,41H,7-14H2,1-6H3. The Morgan fingerprint density at radius 2 is 0.851 bits per heavy atom. The first-order valence-electron chi connectivity index (χ1n) is 32.2. The maximum absolute atomic E-state index is 14.8. The largest absolute Gasteiger partial charge is 0.503 e. The third-order valence-electron chi connectivity index (χ3n) is 19.3. The van der Waals surface area contributed by atoms with E-state index in [0.29, 0.717) is 6.42 Å². The predicted octanol–water partition coefficient (Wildman–Crippen LogP) is 21.3. The van der Waals surface area contributed by atoms with Crippen LogP contribution in [-0.4, -0.2) is 99.8 Å². The van der Waals surface area contributed by atoms with E-state index in [1.165, 1.54) is 34.6 Å². The molecule has 0 saturated heterocycles. The lowest BCUT2D eigenvalue weighted by Gasteiger charge is -2.47. The number of phenols is 1. The fourth-order valence-electron chi connectivity index (χ4n) is 12.7. The fraction of sp³-hybridized carbons (Fsp3) is 0.769. The lowest BCUT2D eigenvalue weighted by Crippen LogP contribution is -2.66. The van der Waals surface area contributed by atoms with Crippen LogP contribution in [-0.2, 0) is 33.3 Å². The van der Waals surface area contributed by atoms with Gasteiger partial charge in [0.05, 0.1) is 23.4 Å². The van der Waals surface area contributed by atoms with E-state index in [1.54, 1.807) is 27.7 Å². The molecule has 0 amide bonds. The van der Waals surface area contributed by atoms with Crippen LogP contribution in [0.4, 0.5) is 119 Å². The monoisotopic (exact) mass is 1520 g/mol. The van der Waals surface area contributed by atoms with Crippen LogP contribution in [0.25, 0.3) is 0 Å². The summed E-state index contributed by atoms with van der Waals surface area (Å²) >= 11 is 0. The molecular formula is C65H81F27O9. The summed E-state index contributed by atoms with van der Waals surface area (Å²) in [7, 11) is 0. The molecule has 0 aromatic heterocycles. The van der Waals surface area contributed by atoms with Gasteiger partial charge in [0.25, 0.3) is 5.60 Å². The number of aliphatic hydroxyl groups is 1. The molecule has 584 valence electrons. The molecule has 0 radical (unpaired) electrons. The molecule has 2 aromatic rings. The van der Waals surface area contributed by atoms with Gasteiger partial charge in [-0.2, -0.15) is 87.8 Å². The van der Waals surface area contributed by atoms with Gasteiger partial charge in [-0.05, 0) is 168 Å². The van der Waals surface area contributed by atoms with E-state index >= 15 is 0 Å². The molecule has 2 aliphatic rings. The Labute approximate surface area is 564 Å². The Hall–Kier alpha value is -5.32. The van der Waals surface area contributed by atoms with Gasteiger partial charge < -0.3 is 29.2 Å². The third kappa shape index (κ3) is 21.2. The molecule has 2 aliphatic carbocycles. The number of benzene rings is 2. The van der Waals surface area contributed by atoms with Crippen molar-refractivity contribution in [2.45, 2.75) is 281 Å². The minimum absolute atomic E-state index is 0.00413. The number of phenolic OH excluding ortho intramolecular Hbond substituents is 1. The van der Waals surface area contributed by atoms with Gasteiger partial charge >= 0.3 is 60.6 Å². The average molecular weight is 1520 g/mol. The highest BCUT2D eigenvalue weighted by molar-refractivity contribution is 5.76. The summed E-state index contributed by atoms with van der Waals surface area (Å²) < 4.78 is 392. The first-order chi connectivity index (χ1) is 45.7. The summed E-state index contributed by atoms with van der Waals surface area (Å²) in [5, 5.41) is 18.9. The van der Waals surface area contributed by atoms with Crippen molar-refractivity contribution in [1.29, 1.82) is 0 Å².